The number of hydrogen-bond acceptors (Lipinski definition) is 3. The second kappa shape index (κ2) is 5.60. The summed E-state index contributed by atoms with van der Waals surface area (Å²) in [6.45, 7) is 0.714. The highest BCUT2D eigenvalue weighted by atomic mass is 79.9. The molecule has 0 aliphatic rings. The number of primary amides is 1. The first-order valence-corrected chi connectivity index (χ1v) is 5.46. The van der Waals surface area contributed by atoms with E-state index in [9.17, 15) is 4.79 Å². The Morgan fingerprint density at radius 3 is 2.80 bits per heavy atom. The van der Waals surface area contributed by atoms with E-state index in [-0.39, 0.29) is 5.91 Å². The van der Waals surface area contributed by atoms with Gasteiger partial charge in [-0.1, -0.05) is 0 Å². The number of halogens is 1. The van der Waals surface area contributed by atoms with Crippen LogP contribution in [0.2, 0.25) is 0 Å². The molecule has 0 saturated carbocycles. The molecule has 0 fully saturated rings. The van der Waals surface area contributed by atoms with Crippen LogP contribution in [0.25, 0.3) is 0 Å². The highest BCUT2D eigenvalue weighted by Gasteiger charge is 1.99. The lowest BCUT2D eigenvalue weighted by molar-refractivity contribution is -0.118. The summed E-state index contributed by atoms with van der Waals surface area (Å²) in [6.07, 6.45) is 1.13. The molecule has 0 bridgehead atoms. The van der Waals surface area contributed by atoms with E-state index in [4.69, 9.17) is 11.5 Å². The minimum Gasteiger partial charge on any atom is -0.399 e. The van der Waals surface area contributed by atoms with E-state index >= 15 is 0 Å². The van der Waals surface area contributed by atoms with Crippen molar-refractivity contribution >= 4 is 33.2 Å². The zero-order chi connectivity index (χ0) is 11.3. The molecule has 15 heavy (non-hydrogen) atoms. The smallest absolute Gasteiger partial charge is 0.217 e. The van der Waals surface area contributed by atoms with Gasteiger partial charge in [-0.05, 0) is 40.5 Å². The Bertz CT molecular complexity index is 355. The molecule has 0 spiro atoms. The number of benzene rings is 1. The van der Waals surface area contributed by atoms with Crippen LogP contribution in [0.5, 0.6) is 0 Å². The van der Waals surface area contributed by atoms with Gasteiger partial charge in [-0.3, -0.25) is 4.79 Å². The van der Waals surface area contributed by atoms with Crippen molar-refractivity contribution < 1.29 is 4.79 Å². The Hall–Kier alpha value is -1.23. The zero-order valence-corrected chi connectivity index (χ0v) is 9.88. The van der Waals surface area contributed by atoms with Crippen LogP contribution in [-0.2, 0) is 4.79 Å². The average molecular weight is 272 g/mol. The fourth-order valence-electron chi connectivity index (χ4n) is 1.16. The van der Waals surface area contributed by atoms with Crippen molar-refractivity contribution in [3.05, 3.63) is 22.7 Å². The van der Waals surface area contributed by atoms with E-state index in [0.717, 1.165) is 16.6 Å². The molecule has 1 aromatic rings. The zero-order valence-electron chi connectivity index (χ0n) is 8.29. The molecular formula is C10H14BrN3O. The summed E-state index contributed by atoms with van der Waals surface area (Å²) < 4.78 is 0.918. The molecule has 0 aliphatic heterocycles. The van der Waals surface area contributed by atoms with Crippen LogP contribution in [0.15, 0.2) is 22.7 Å². The van der Waals surface area contributed by atoms with Crippen LogP contribution in [0.4, 0.5) is 11.4 Å². The van der Waals surface area contributed by atoms with Gasteiger partial charge < -0.3 is 16.8 Å². The van der Waals surface area contributed by atoms with Crippen molar-refractivity contribution in [3.63, 3.8) is 0 Å². The maximum absolute atomic E-state index is 10.5. The van der Waals surface area contributed by atoms with Crippen molar-refractivity contribution in [1.82, 2.24) is 0 Å². The molecule has 1 amide bonds. The largest absolute Gasteiger partial charge is 0.399 e. The second-order valence-electron chi connectivity index (χ2n) is 3.24. The molecule has 0 atom stereocenters. The average Bonchev–Trinajstić information content (AvgIpc) is 2.14. The molecule has 0 aliphatic carbocycles. The van der Waals surface area contributed by atoms with Gasteiger partial charge in [-0.15, -0.1) is 0 Å². The third-order valence-electron chi connectivity index (χ3n) is 1.91. The number of nitrogen functional groups attached to an aromatic ring is 1. The Labute approximate surface area is 97.1 Å². The lowest BCUT2D eigenvalue weighted by Gasteiger charge is -2.08. The molecule has 5 N–H and O–H groups in total. The Balaban J connectivity index is 2.40. The summed E-state index contributed by atoms with van der Waals surface area (Å²) in [5.41, 5.74) is 12.3. The number of nitrogens with two attached hydrogens (primary N) is 2. The first-order valence-electron chi connectivity index (χ1n) is 4.67. The van der Waals surface area contributed by atoms with Gasteiger partial charge in [0.15, 0.2) is 0 Å². The van der Waals surface area contributed by atoms with Gasteiger partial charge in [0.25, 0.3) is 0 Å². The maximum Gasteiger partial charge on any atom is 0.217 e. The number of carbonyl (C=O) groups is 1. The molecule has 1 aromatic carbocycles. The van der Waals surface area contributed by atoms with Gasteiger partial charge in [0.2, 0.25) is 5.91 Å². The number of hydrogen-bond donors (Lipinski definition) is 3. The monoisotopic (exact) mass is 271 g/mol. The van der Waals surface area contributed by atoms with Gasteiger partial charge in [-0.2, -0.15) is 0 Å². The predicted molar refractivity (Wildman–Crippen MR) is 65.5 cm³/mol. The number of anilines is 2. The van der Waals surface area contributed by atoms with Crippen LogP contribution in [0.1, 0.15) is 12.8 Å². The van der Waals surface area contributed by atoms with Crippen molar-refractivity contribution in [2.75, 3.05) is 17.6 Å². The van der Waals surface area contributed by atoms with Gasteiger partial charge in [-0.25, -0.2) is 0 Å². The van der Waals surface area contributed by atoms with E-state index in [1.54, 1.807) is 0 Å². The minimum atomic E-state index is -0.270. The topological polar surface area (TPSA) is 81.1 Å². The van der Waals surface area contributed by atoms with Gasteiger partial charge in [0, 0.05) is 28.8 Å². The molecule has 0 radical (unpaired) electrons. The quantitative estimate of drug-likeness (QED) is 0.563. The van der Waals surface area contributed by atoms with Crippen molar-refractivity contribution in [1.29, 1.82) is 0 Å². The third kappa shape index (κ3) is 4.20. The van der Waals surface area contributed by atoms with Crippen molar-refractivity contribution in [3.8, 4) is 0 Å². The summed E-state index contributed by atoms with van der Waals surface area (Å²) >= 11 is 3.39. The Morgan fingerprint density at radius 2 is 2.20 bits per heavy atom. The molecule has 0 aromatic heterocycles. The van der Waals surface area contributed by atoms with E-state index in [2.05, 4.69) is 21.2 Å². The van der Waals surface area contributed by atoms with Gasteiger partial charge in [0.1, 0.15) is 0 Å². The number of nitrogens with one attached hydrogen (secondary N) is 1. The summed E-state index contributed by atoms with van der Waals surface area (Å²) in [5, 5.41) is 3.19. The lowest BCUT2D eigenvalue weighted by Crippen LogP contribution is -2.12. The van der Waals surface area contributed by atoms with Gasteiger partial charge >= 0.3 is 0 Å². The fraction of sp³-hybridized carbons (Fsp3) is 0.300. The Kier molecular flexibility index (Phi) is 4.42. The normalized spacial score (nSPS) is 9.93. The molecule has 0 saturated heterocycles. The fourth-order valence-corrected chi connectivity index (χ4v) is 1.70. The number of amides is 1. The molecular weight excluding hydrogens is 258 g/mol. The van der Waals surface area contributed by atoms with Gasteiger partial charge in [0.05, 0.1) is 0 Å². The highest BCUT2D eigenvalue weighted by molar-refractivity contribution is 9.10. The van der Waals surface area contributed by atoms with Crippen LogP contribution in [-0.4, -0.2) is 12.5 Å². The standard InChI is InChI=1S/C10H14BrN3O/c11-8-6-7(12)3-4-9(8)14-5-1-2-10(13)15/h3-4,6,14H,1-2,5,12H2,(H2,13,15). The molecule has 0 unspecified atom stereocenters. The number of rotatable bonds is 5. The second-order valence-corrected chi connectivity index (χ2v) is 4.09. The SMILES string of the molecule is NC(=O)CCCNc1ccc(N)cc1Br. The Morgan fingerprint density at radius 1 is 1.47 bits per heavy atom. The maximum atomic E-state index is 10.5. The van der Waals surface area contributed by atoms with Crippen LogP contribution >= 0.6 is 15.9 Å². The summed E-state index contributed by atoms with van der Waals surface area (Å²) in [5.74, 6) is -0.270. The van der Waals surface area contributed by atoms with E-state index < -0.39 is 0 Å². The van der Waals surface area contributed by atoms with E-state index in [1.807, 2.05) is 18.2 Å². The molecule has 82 valence electrons. The predicted octanol–water partition coefficient (Wildman–Crippen LogP) is 1.71. The number of carbonyl (C=O) groups excluding carboxylic acids is 1. The molecule has 4 nitrogen and oxygen atoms in total. The van der Waals surface area contributed by atoms with Crippen molar-refractivity contribution in [2.24, 2.45) is 5.73 Å². The first kappa shape index (κ1) is 11.8. The summed E-state index contributed by atoms with van der Waals surface area (Å²) in [7, 11) is 0. The first-order chi connectivity index (χ1) is 7.09. The highest BCUT2D eigenvalue weighted by Crippen LogP contribution is 2.24. The minimum absolute atomic E-state index is 0.270. The van der Waals surface area contributed by atoms with E-state index in [0.29, 0.717) is 18.7 Å². The van der Waals surface area contributed by atoms with Crippen LogP contribution in [0.3, 0.4) is 0 Å². The van der Waals surface area contributed by atoms with Crippen LogP contribution < -0.4 is 16.8 Å². The summed E-state index contributed by atoms with van der Waals surface area (Å²) in [4.78, 5) is 10.5. The lowest BCUT2D eigenvalue weighted by atomic mass is 10.2. The van der Waals surface area contributed by atoms with Crippen LogP contribution in [0, 0.1) is 0 Å². The van der Waals surface area contributed by atoms with E-state index in [1.165, 1.54) is 0 Å². The van der Waals surface area contributed by atoms with Crippen molar-refractivity contribution in [2.45, 2.75) is 12.8 Å². The third-order valence-corrected chi connectivity index (χ3v) is 2.56. The molecule has 0 heterocycles. The summed E-state index contributed by atoms with van der Waals surface area (Å²) in [6, 6.07) is 5.54. The molecule has 1 rings (SSSR count). The molecule has 5 heteroatoms.